The molecular formula is C15H16BrNO2. The van der Waals surface area contributed by atoms with Crippen molar-refractivity contribution in [3.05, 3.63) is 57.5 Å². The second-order valence-corrected chi connectivity index (χ2v) is 5.58. The van der Waals surface area contributed by atoms with Gasteiger partial charge in [0.2, 0.25) is 0 Å². The van der Waals surface area contributed by atoms with Gasteiger partial charge in [0, 0.05) is 10.0 Å². The van der Waals surface area contributed by atoms with Gasteiger partial charge in [0.15, 0.2) is 0 Å². The third-order valence-electron chi connectivity index (χ3n) is 2.84. The molecule has 1 atom stereocenters. The average molecular weight is 322 g/mol. The molecular weight excluding hydrogens is 306 g/mol. The zero-order valence-corrected chi connectivity index (χ0v) is 12.7. The first-order chi connectivity index (χ1) is 8.95. The topological polar surface area (TPSA) is 42.2 Å². The number of benzene rings is 1. The van der Waals surface area contributed by atoms with Crippen LogP contribution >= 0.6 is 15.9 Å². The third kappa shape index (κ3) is 3.47. The minimum atomic E-state index is -0.152. The van der Waals surface area contributed by atoms with E-state index >= 15 is 0 Å². The van der Waals surface area contributed by atoms with Crippen molar-refractivity contribution in [1.82, 2.24) is 5.32 Å². The summed E-state index contributed by atoms with van der Waals surface area (Å²) < 4.78 is 6.41. The molecule has 0 aliphatic rings. The van der Waals surface area contributed by atoms with Gasteiger partial charge in [0.1, 0.15) is 11.5 Å². The Morgan fingerprint density at radius 1 is 1.26 bits per heavy atom. The fraction of sp³-hybridized carbons (Fsp3) is 0.267. The average Bonchev–Trinajstić information content (AvgIpc) is 2.74. The fourth-order valence-electron chi connectivity index (χ4n) is 1.90. The molecule has 1 aromatic carbocycles. The molecule has 0 aliphatic heterocycles. The van der Waals surface area contributed by atoms with Gasteiger partial charge in [-0.1, -0.05) is 15.9 Å². The highest BCUT2D eigenvalue weighted by Gasteiger charge is 2.14. The van der Waals surface area contributed by atoms with Crippen LogP contribution in [0.2, 0.25) is 0 Å². The summed E-state index contributed by atoms with van der Waals surface area (Å²) in [5.41, 5.74) is 1.68. The molecule has 0 saturated carbocycles. The van der Waals surface area contributed by atoms with Crippen LogP contribution in [0.5, 0.6) is 0 Å². The molecule has 1 amide bonds. The Hall–Kier alpha value is -1.55. The maximum Gasteiger partial charge on any atom is 0.251 e. The van der Waals surface area contributed by atoms with E-state index in [-0.39, 0.29) is 11.9 Å². The number of hydrogen-bond acceptors (Lipinski definition) is 2. The molecule has 100 valence electrons. The summed E-state index contributed by atoms with van der Waals surface area (Å²) in [5.74, 6) is 1.50. The van der Waals surface area contributed by atoms with Crippen LogP contribution in [-0.2, 0) is 0 Å². The van der Waals surface area contributed by atoms with Crippen LogP contribution in [-0.4, -0.2) is 5.91 Å². The lowest BCUT2D eigenvalue weighted by Gasteiger charge is -2.12. The molecule has 0 saturated heterocycles. The van der Waals surface area contributed by atoms with Crippen LogP contribution in [0.25, 0.3) is 0 Å². The van der Waals surface area contributed by atoms with Gasteiger partial charge >= 0.3 is 0 Å². The highest BCUT2D eigenvalue weighted by atomic mass is 79.9. The Morgan fingerprint density at radius 3 is 2.58 bits per heavy atom. The van der Waals surface area contributed by atoms with Crippen molar-refractivity contribution >= 4 is 21.8 Å². The Labute approximate surface area is 121 Å². The number of carbonyl (C=O) groups is 1. The van der Waals surface area contributed by atoms with E-state index in [1.165, 1.54) is 0 Å². The van der Waals surface area contributed by atoms with Crippen molar-refractivity contribution < 1.29 is 9.21 Å². The van der Waals surface area contributed by atoms with E-state index in [4.69, 9.17) is 4.42 Å². The summed E-state index contributed by atoms with van der Waals surface area (Å²) in [6, 6.07) is 9.26. The standard InChI is InChI=1S/C15H16BrNO2/c1-9-6-12(8-13(16)7-9)15(18)17-11(3)14-5-4-10(2)19-14/h4-8,11H,1-3H3,(H,17,18). The van der Waals surface area contributed by atoms with Crippen molar-refractivity contribution in [3.63, 3.8) is 0 Å². The van der Waals surface area contributed by atoms with Gasteiger partial charge < -0.3 is 9.73 Å². The number of rotatable bonds is 3. The molecule has 2 aromatic rings. The van der Waals surface area contributed by atoms with E-state index < -0.39 is 0 Å². The Bertz CT molecular complexity index is 584. The maximum absolute atomic E-state index is 12.2. The molecule has 19 heavy (non-hydrogen) atoms. The van der Waals surface area contributed by atoms with Crippen LogP contribution in [0.15, 0.2) is 39.2 Å². The lowest BCUT2D eigenvalue weighted by molar-refractivity contribution is 0.0935. The summed E-state index contributed by atoms with van der Waals surface area (Å²) in [6.45, 7) is 5.75. The first-order valence-electron chi connectivity index (χ1n) is 6.10. The molecule has 1 aromatic heterocycles. The van der Waals surface area contributed by atoms with E-state index in [1.807, 2.05) is 51.1 Å². The largest absolute Gasteiger partial charge is 0.464 e. The number of carbonyl (C=O) groups excluding carboxylic acids is 1. The fourth-order valence-corrected chi connectivity index (χ4v) is 2.51. The van der Waals surface area contributed by atoms with Gasteiger partial charge in [-0.3, -0.25) is 4.79 Å². The first-order valence-corrected chi connectivity index (χ1v) is 6.89. The summed E-state index contributed by atoms with van der Waals surface area (Å²) in [5, 5.41) is 2.93. The van der Waals surface area contributed by atoms with Gasteiger partial charge in [0.05, 0.1) is 6.04 Å². The Kier molecular flexibility index (Phi) is 4.10. The van der Waals surface area contributed by atoms with Crippen molar-refractivity contribution in [1.29, 1.82) is 0 Å². The molecule has 0 radical (unpaired) electrons. The van der Waals surface area contributed by atoms with E-state index in [0.29, 0.717) is 5.56 Å². The molecule has 0 spiro atoms. The second-order valence-electron chi connectivity index (χ2n) is 4.66. The first kappa shape index (κ1) is 13.9. The predicted octanol–water partition coefficient (Wildman–Crippen LogP) is 4.15. The van der Waals surface area contributed by atoms with E-state index in [2.05, 4.69) is 21.2 Å². The quantitative estimate of drug-likeness (QED) is 0.922. The monoisotopic (exact) mass is 321 g/mol. The number of hydrogen-bond donors (Lipinski definition) is 1. The van der Waals surface area contributed by atoms with Gasteiger partial charge in [0.25, 0.3) is 5.91 Å². The highest BCUT2D eigenvalue weighted by molar-refractivity contribution is 9.10. The molecule has 4 heteroatoms. The van der Waals surface area contributed by atoms with E-state index in [1.54, 1.807) is 0 Å². The van der Waals surface area contributed by atoms with E-state index in [9.17, 15) is 4.79 Å². The van der Waals surface area contributed by atoms with Crippen LogP contribution in [0.1, 0.15) is 40.4 Å². The van der Waals surface area contributed by atoms with Crippen LogP contribution < -0.4 is 5.32 Å². The number of furan rings is 1. The smallest absolute Gasteiger partial charge is 0.251 e. The van der Waals surface area contributed by atoms with Crippen molar-refractivity contribution in [2.45, 2.75) is 26.8 Å². The van der Waals surface area contributed by atoms with Gasteiger partial charge in [-0.05, 0) is 56.7 Å². The molecule has 1 unspecified atom stereocenters. The number of nitrogens with one attached hydrogen (secondary N) is 1. The van der Waals surface area contributed by atoms with Gasteiger partial charge in [-0.2, -0.15) is 0 Å². The number of aryl methyl sites for hydroxylation is 2. The molecule has 0 aliphatic carbocycles. The van der Waals surface area contributed by atoms with Crippen molar-refractivity contribution in [2.24, 2.45) is 0 Å². The lowest BCUT2D eigenvalue weighted by atomic mass is 10.1. The zero-order valence-electron chi connectivity index (χ0n) is 11.2. The Morgan fingerprint density at radius 2 is 2.00 bits per heavy atom. The van der Waals surface area contributed by atoms with Gasteiger partial charge in [-0.15, -0.1) is 0 Å². The van der Waals surface area contributed by atoms with Crippen LogP contribution in [0, 0.1) is 13.8 Å². The SMILES string of the molecule is Cc1cc(Br)cc(C(=O)NC(C)c2ccc(C)o2)c1. The summed E-state index contributed by atoms with van der Waals surface area (Å²) in [7, 11) is 0. The van der Waals surface area contributed by atoms with E-state index in [0.717, 1.165) is 21.6 Å². The molecule has 0 fully saturated rings. The van der Waals surface area contributed by atoms with Crippen LogP contribution in [0.3, 0.4) is 0 Å². The molecule has 1 N–H and O–H groups in total. The molecule has 2 rings (SSSR count). The van der Waals surface area contributed by atoms with Crippen molar-refractivity contribution in [3.8, 4) is 0 Å². The maximum atomic E-state index is 12.2. The van der Waals surface area contributed by atoms with Crippen LogP contribution in [0.4, 0.5) is 0 Å². The zero-order chi connectivity index (χ0) is 14.0. The third-order valence-corrected chi connectivity index (χ3v) is 3.30. The molecule has 0 bridgehead atoms. The normalized spacial score (nSPS) is 12.2. The predicted molar refractivity (Wildman–Crippen MR) is 78.2 cm³/mol. The summed E-state index contributed by atoms with van der Waals surface area (Å²) in [4.78, 5) is 12.2. The molecule has 1 heterocycles. The van der Waals surface area contributed by atoms with Gasteiger partial charge in [-0.25, -0.2) is 0 Å². The summed E-state index contributed by atoms with van der Waals surface area (Å²) in [6.07, 6.45) is 0. The Balaban J connectivity index is 2.12. The number of halogens is 1. The lowest BCUT2D eigenvalue weighted by Crippen LogP contribution is -2.26. The minimum Gasteiger partial charge on any atom is -0.464 e. The minimum absolute atomic E-state index is 0.106. The summed E-state index contributed by atoms with van der Waals surface area (Å²) >= 11 is 3.40. The molecule has 3 nitrogen and oxygen atoms in total. The number of amides is 1. The highest BCUT2D eigenvalue weighted by Crippen LogP contribution is 2.18. The van der Waals surface area contributed by atoms with Crippen molar-refractivity contribution in [2.75, 3.05) is 0 Å². The second kappa shape index (κ2) is 5.61.